The number of hydrogen-bond donors (Lipinski definition) is 1. The molecule has 3 heterocycles. The van der Waals surface area contributed by atoms with Crippen LogP contribution in [-0.2, 0) is 16.0 Å². The molecule has 98 valence electrons. The van der Waals surface area contributed by atoms with Gasteiger partial charge in [-0.1, -0.05) is 0 Å². The van der Waals surface area contributed by atoms with Crippen molar-refractivity contribution in [1.29, 1.82) is 0 Å². The average Bonchev–Trinajstić information content (AvgIpc) is 2.86. The molecule has 0 aromatic carbocycles. The van der Waals surface area contributed by atoms with Gasteiger partial charge in [-0.2, -0.15) is 0 Å². The van der Waals surface area contributed by atoms with E-state index in [1.54, 1.807) is 11.3 Å². The van der Waals surface area contributed by atoms with Gasteiger partial charge in [-0.25, -0.2) is 0 Å². The summed E-state index contributed by atoms with van der Waals surface area (Å²) < 4.78 is 5.37. The van der Waals surface area contributed by atoms with E-state index in [9.17, 15) is 9.90 Å². The first-order valence-corrected chi connectivity index (χ1v) is 7.28. The number of carboxylic acid groups (broad SMARTS) is 1. The van der Waals surface area contributed by atoms with Crippen molar-refractivity contribution >= 4 is 17.3 Å². The van der Waals surface area contributed by atoms with Crippen molar-refractivity contribution in [3.63, 3.8) is 0 Å². The first-order valence-electron chi connectivity index (χ1n) is 6.40. The Morgan fingerprint density at radius 1 is 1.44 bits per heavy atom. The van der Waals surface area contributed by atoms with Crippen LogP contribution >= 0.6 is 11.3 Å². The molecule has 0 spiro atoms. The van der Waals surface area contributed by atoms with Gasteiger partial charge in [-0.3, -0.25) is 9.69 Å². The van der Waals surface area contributed by atoms with Gasteiger partial charge in [0.05, 0.1) is 0 Å². The Bertz CT molecular complexity index is 439. The minimum atomic E-state index is -0.721. The molecule has 1 aromatic rings. The van der Waals surface area contributed by atoms with Crippen LogP contribution < -0.4 is 0 Å². The fourth-order valence-corrected chi connectivity index (χ4v) is 3.92. The Labute approximate surface area is 110 Å². The highest BCUT2D eigenvalue weighted by Gasteiger charge is 2.37. The fraction of sp³-hybridized carbons (Fsp3) is 0.615. The highest BCUT2D eigenvalue weighted by atomic mass is 32.1. The molecular formula is C13H17NO3S. The van der Waals surface area contributed by atoms with Crippen molar-refractivity contribution in [2.45, 2.75) is 31.3 Å². The number of nitrogens with zero attached hydrogens (tertiary/aromatic N) is 1. The molecule has 3 rings (SSSR count). The zero-order valence-electron chi connectivity index (χ0n) is 10.2. The third-order valence-electron chi connectivity index (χ3n) is 3.90. The molecule has 5 heteroatoms. The summed E-state index contributed by atoms with van der Waals surface area (Å²) >= 11 is 1.68. The van der Waals surface area contributed by atoms with Gasteiger partial charge in [-0.05, 0) is 36.3 Å². The van der Waals surface area contributed by atoms with Gasteiger partial charge < -0.3 is 9.84 Å². The highest BCUT2D eigenvalue weighted by Crippen LogP contribution is 2.36. The Morgan fingerprint density at radius 3 is 2.94 bits per heavy atom. The molecule has 0 saturated carbocycles. The summed E-state index contributed by atoms with van der Waals surface area (Å²) in [7, 11) is 0. The molecule has 18 heavy (non-hydrogen) atoms. The van der Waals surface area contributed by atoms with Crippen molar-refractivity contribution in [2.75, 3.05) is 19.8 Å². The van der Waals surface area contributed by atoms with E-state index in [-0.39, 0.29) is 0 Å². The summed E-state index contributed by atoms with van der Waals surface area (Å²) in [5.74, 6) is -0.721. The lowest BCUT2D eigenvalue weighted by Gasteiger charge is -2.40. The Hall–Kier alpha value is -0.910. The SMILES string of the molecule is O=C(O)C1c2ccsc2CCN1C1CCOCC1. The number of rotatable bonds is 2. The second-order valence-corrected chi connectivity index (χ2v) is 5.87. The zero-order chi connectivity index (χ0) is 12.5. The standard InChI is InChI=1S/C13H17NO3S/c15-13(16)12-10-4-8-18-11(10)1-5-14(12)9-2-6-17-7-3-9/h4,8-9,12H,1-3,5-7H2,(H,15,16). The maximum atomic E-state index is 11.6. The third-order valence-corrected chi connectivity index (χ3v) is 4.89. The van der Waals surface area contributed by atoms with E-state index in [1.165, 1.54) is 4.88 Å². The van der Waals surface area contributed by atoms with Gasteiger partial charge in [0.2, 0.25) is 0 Å². The topological polar surface area (TPSA) is 49.8 Å². The van der Waals surface area contributed by atoms with Gasteiger partial charge in [0.1, 0.15) is 6.04 Å². The van der Waals surface area contributed by atoms with E-state index in [4.69, 9.17) is 4.74 Å². The molecule has 0 radical (unpaired) electrons. The minimum absolute atomic E-state index is 0.355. The number of hydrogen-bond acceptors (Lipinski definition) is 4. The molecule has 0 amide bonds. The van der Waals surface area contributed by atoms with E-state index in [0.29, 0.717) is 6.04 Å². The molecule has 1 unspecified atom stereocenters. The van der Waals surface area contributed by atoms with Crippen LogP contribution in [0, 0.1) is 0 Å². The number of carbonyl (C=O) groups is 1. The van der Waals surface area contributed by atoms with Crippen LogP contribution in [0.2, 0.25) is 0 Å². The van der Waals surface area contributed by atoms with Crippen LogP contribution in [0.5, 0.6) is 0 Å². The van der Waals surface area contributed by atoms with Gasteiger partial charge >= 0.3 is 5.97 Å². The van der Waals surface area contributed by atoms with Gasteiger partial charge in [-0.15, -0.1) is 11.3 Å². The van der Waals surface area contributed by atoms with Crippen LogP contribution in [0.25, 0.3) is 0 Å². The van der Waals surface area contributed by atoms with E-state index in [2.05, 4.69) is 4.90 Å². The summed E-state index contributed by atoms with van der Waals surface area (Å²) in [4.78, 5) is 15.0. The van der Waals surface area contributed by atoms with Crippen LogP contribution in [0.15, 0.2) is 11.4 Å². The monoisotopic (exact) mass is 267 g/mol. The molecule has 1 atom stereocenters. The van der Waals surface area contributed by atoms with Crippen LogP contribution in [-0.4, -0.2) is 41.8 Å². The first kappa shape index (κ1) is 12.1. The molecule has 0 bridgehead atoms. The predicted molar refractivity (Wildman–Crippen MR) is 68.9 cm³/mol. The average molecular weight is 267 g/mol. The number of carboxylic acids is 1. The maximum absolute atomic E-state index is 11.6. The van der Waals surface area contributed by atoms with Crippen molar-refractivity contribution in [1.82, 2.24) is 4.90 Å². The van der Waals surface area contributed by atoms with Gasteiger partial charge in [0.25, 0.3) is 0 Å². The molecule has 0 aliphatic carbocycles. The van der Waals surface area contributed by atoms with Crippen LogP contribution in [0.3, 0.4) is 0 Å². The lowest BCUT2D eigenvalue weighted by atomic mass is 9.95. The molecule has 1 aromatic heterocycles. The molecular weight excluding hydrogens is 250 g/mol. The largest absolute Gasteiger partial charge is 0.480 e. The lowest BCUT2D eigenvalue weighted by Crippen LogP contribution is -2.47. The minimum Gasteiger partial charge on any atom is -0.480 e. The summed E-state index contributed by atoms with van der Waals surface area (Å²) in [5, 5.41) is 11.5. The molecule has 1 saturated heterocycles. The van der Waals surface area contributed by atoms with E-state index >= 15 is 0 Å². The van der Waals surface area contributed by atoms with Crippen LogP contribution in [0.1, 0.15) is 29.3 Å². The van der Waals surface area contributed by atoms with E-state index < -0.39 is 12.0 Å². The van der Waals surface area contributed by atoms with Crippen molar-refractivity contribution < 1.29 is 14.6 Å². The van der Waals surface area contributed by atoms with E-state index in [1.807, 2.05) is 11.4 Å². The normalized spacial score (nSPS) is 25.9. The summed E-state index contributed by atoms with van der Waals surface area (Å²) in [6, 6.07) is 1.88. The predicted octanol–water partition coefficient (Wildman–Crippen LogP) is 1.91. The Morgan fingerprint density at radius 2 is 2.22 bits per heavy atom. The second-order valence-electron chi connectivity index (χ2n) is 4.87. The Kier molecular flexibility index (Phi) is 3.37. The molecule has 1 fully saturated rings. The number of fused-ring (bicyclic) bond motifs is 1. The van der Waals surface area contributed by atoms with Crippen molar-refractivity contribution in [2.24, 2.45) is 0 Å². The summed E-state index contributed by atoms with van der Waals surface area (Å²) in [5.41, 5.74) is 1.00. The van der Waals surface area contributed by atoms with Crippen molar-refractivity contribution in [3.05, 3.63) is 21.9 Å². The molecule has 4 nitrogen and oxygen atoms in total. The first-order chi connectivity index (χ1) is 8.77. The molecule has 2 aliphatic heterocycles. The molecule has 2 aliphatic rings. The van der Waals surface area contributed by atoms with E-state index in [0.717, 1.165) is 44.6 Å². The highest BCUT2D eigenvalue weighted by molar-refractivity contribution is 7.10. The quantitative estimate of drug-likeness (QED) is 0.889. The number of thiophene rings is 1. The van der Waals surface area contributed by atoms with Crippen molar-refractivity contribution in [3.8, 4) is 0 Å². The van der Waals surface area contributed by atoms with Crippen LogP contribution in [0.4, 0.5) is 0 Å². The maximum Gasteiger partial charge on any atom is 0.325 e. The Balaban J connectivity index is 1.88. The number of aliphatic carboxylic acids is 1. The van der Waals surface area contributed by atoms with Gasteiger partial charge in [0, 0.05) is 30.7 Å². The lowest BCUT2D eigenvalue weighted by molar-refractivity contribution is -0.146. The zero-order valence-corrected chi connectivity index (χ0v) is 11.0. The smallest absolute Gasteiger partial charge is 0.325 e. The third kappa shape index (κ3) is 2.06. The van der Waals surface area contributed by atoms with Gasteiger partial charge in [0.15, 0.2) is 0 Å². The molecule has 1 N–H and O–H groups in total. The second kappa shape index (κ2) is 4.99. The number of ether oxygens (including phenoxy) is 1. The fourth-order valence-electron chi connectivity index (χ4n) is 3.02. The summed E-state index contributed by atoms with van der Waals surface area (Å²) in [6.45, 7) is 2.36. The summed E-state index contributed by atoms with van der Waals surface area (Å²) in [6.07, 6.45) is 2.88.